The van der Waals surface area contributed by atoms with E-state index in [-0.39, 0.29) is 17.2 Å². The van der Waals surface area contributed by atoms with Gasteiger partial charge in [-0.1, -0.05) is 78.9 Å². The fourth-order valence-electron chi connectivity index (χ4n) is 5.40. The van der Waals surface area contributed by atoms with E-state index in [2.05, 4.69) is 0 Å². The second-order valence-corrected chi connectivity index (χ2v) is 15.4. The molecule has 0 aliphatic carbocycles. The van der Waals surface area contributed by atoms with Crippen LogP contribution >= 0.6 is 14.6 Å². The van der Waals surface area contributed by atoms with Crippen molar-refractivity contribution in [2.45, 2.75) is 6.54 Å². The van der Waals surface area contributed by atoms with Crippen molar-refractivity contribution in [3.63, 3.8) is 0 Å². The van der Waals surface area contributed by atoms with Gasteiger partial charge in [0.15, 0.2) is 0 Å². The Kier molecular flexibility index (Phi) is 9.61. The lowest BCUT2D eigenvalue weighted by Crippen LogP contribution is -2.38. The highest BCUT2D eigenvalue weighted by atomic mass is 31.2. The van der Waals surface area contributed by atoms with Crippen LogP contribution in [0, 0.1) is 0 Å². The van der Waals surface area contributed by atoms with Crippen LogP contribution in [0.25, 0.3) is 0 Å². The Morgan fingerprint density at radius 3 is 1.14 bits per heavy atom. The van der Waals surface area contributed by atoms with Gasteiger partial charge >= 0.3 is 0 Å². The fourth-order valence-corrected chi connectivity index (χ4v) is 13.2. The largest absolute Gasteiger partial charge is 0.496 e. The Morgan fingerprint density at radius 2 is 0.795 bits per heavy atom. The Hall–Kier alpha value is -4.28. The minimum atomic E-state index is -4.30. The van der Waals surface area contributed by atoms with E-state index in [1.165, 1.54) is 28.4 Å². The zero-order valence-electron chi connectivity index (χ0n) is 25.1. The molecule has 5 aromatic carbocycles. The van der Waals surface area contributed by atoms with Crippen molar-refractivity contribution in [1.29, 1.82) is 0 Å². The Bertz CT molecular complexity index is 1650. The lowest BCUT2D eigenvalue weighted by molar-refractivity contribution is 0.396. The Balaban J connectivity index is 2.02. The maximum atomic E-state index is 16.9. The van der Waals surface area contributed by atoms with E-state index in [0.717, 1.165) is 5.56 Å². The minimum Gasteiger partial charge on any atom is -0.496 e. The van der Waals surface area contributed by atoms with Crippen LogP contribution in [-0.2, 0) is 15.7 Å². The second-order valence-electron chi connectivity index (χ2n) is 9.86. The van der Waals surface area contributed by atoms with Crippen molar-refractivity contribution in [1.82, 2.24) is 4.44 Å². The fraction of sp³-hybridized carbons (Fsp3) is 0.143. The number of hydrogen-bond acceptors (Lipinski definition) is 6. The van der Waals surface area contributed by atoms with Crippen molar-refractivity contribution in [3.05, 3.63) is 133 Å². The maximum Gasteiger partial charge on any atom is 0.228 e. The average Bonchev–Trinajstić information content (AvgIpc) is 3.10. The van der Waals surface area contributed by atoms with Crippen LogP contribution in [0.1, 0.15) is 5.56 Å². The molecule has 5 rings (SSSR count). The molecule has 0 bridgehead atoms. The summed E-state index contributed by atoms with van der Waals surface area (Å²) < 4.78 is 58.3. The average molecular weight is 628 g/mol. The van der Waals surface area contributed by atoms with Crippen LogP contribution in [0.3, 0.4) is 0 Å². The van der Waals surface area contributed by atoms with E-state index in [0.29, 0.717) is 33.6 Å². The summed E-state index contributed by atoms with van der Waals surface area (Å²) in [5, 5.41) is 1.53. The maximum absolute atomic E-state index is 16.9. The molecule has 0 radical (unpaired) electrons. The van der Waals surface area contributed by atoms with E-state index in [4.69, 9.17) is 18.9 Å². The number of hydrogen-bond donors (Lipinski definition) is 0. The molecule has 0 saturated heterocycles. The van der Waals surface area contributed by atoms with Crippen LogP contribution in [0.15, 0.2) is 127 Å². The number of ether oxygens (including phenoxy) is 4. The number of nitrogens with zero attached hydrogens (tertiary/aromatic N) is 1. The lowest BCUT2D eigenvalue weighted by Gasteiger charge is -2.40. The van der Waals surface area contributed by atoms with Crippen LogP contribution in [-0.4, -0.2) is 32.9 Å². The lowest BCUT2D eigenvalue weighted by atomic mass is 10.2. The molecule has 0 N–H and O–H groups in total. The van der Waals surface area contributed by atoms with E-state index >= 15 is 9.13 Å². The standard InChI is InChI=1S/C35H35NO6P2/c1-39-30-22-14-23-31(40-2)34(30)44(38,35-32(41-3)24-15-25-33(35)42-4)36(26-27-16-8-5-9-17-27)43(37,28-18-10-6-11-19-28)29-20-12-7-13-21-29/h5-25H,26H2,1-4H3. The van der Waals surface area contributed by atoms with Gasteiger partial charge in [-0.3, -0.25) is 9.13 Å². The summed E-state index contributed by atoms with van der Waals surface area (Å²) in [5.74, 6) is 1.25. The van der Waals surface area contributed by atoms with Crippen LogP contribution in [0.4, 0.5) is 0 Å². The highest BCUT2D eigenvalue weighted by Gasteiger charge is 2.52. The van der Waals surface area contributed by atoms with Gasteiger partial charge in [0.25, 0.3) is 0 Å². The summed E-state index contributed by atoms with van der Waals surface area (Å²) in [5.41, 5.74) is 0.808. The molecule has 0 amide bonds. The van der Waals surface area contributed by atoms with Gasteiger partial charge in [-0.25, -0.2) is 0 Å². The van der Waals surface area contributed by atoms with Gasteiger partial charge < -0.3 is 18.9 Å². The molecular formula is C35H35NO6P2. The number of methoxy groups -OCH3 is 4. The summed E-state index contributed by atoms with van der Waals surface area (Å²) >= 11 is 0. The molecule has 0 aliphatic rings. The molecule has 226 valence electrons. The highest BCUT2D eigenvalue weighted by Crippen LogP contribution is 2.68. The van der Waals surface area contributed by atoms with E-state index in [1.54, 1.807) is 40.8 Å². The van der Waals surface area contributed by atoms with Gasteiger partial charge in [-0.2, -0.15) is 4.44 Å². The summed E-state index contributed by atoms with van der Waals surface area (Å²) in [6.45, 7) is 0.0432. The molecular weight excluding hydrogens is 592 g/mol. The monoisotopic (exact) mass is 627 g/mol. The molecule has 0 atom stereocenters. The molecule has 0 aliphatic heterocycles. The molecule has 5 aromatic rings. The number of benzene rings is 5. The third-order valence-corrected chi connectivity index (χ3v) is 14.6. The van der Waals surface area contributed by atoms with Gasteiger partial charge in [-0.05, 0) is 54.1 Å². The van der Waals surface area contributed by atoms with Crippen LogP contribution in [0.2, 0.25) is 0 Å². The Morgan fingerprint density at radius 1 is 0.455 bits per heavy atom. The van der Waals surface area contributed by atoms with Gasteiger partial charge in [0.1, 0.15) is 33.6 Å². The van der Waals surface area contributed by atoms with Gasteiger partial charge in [0.05, 0.1) is 28.4 Å². The summed E-state index contributed by atoms with van der Waals surface area (Å²) in [4.78, 5) is 0. The third kappa shape index (κ3) is 5.55. The predicted molar refractivity (Wildman–Crippen MR) is 178 cm³/mol. The normalized spacial score (nSPS) is 11.7. The van der Waals surface area contributed by atoms with Crippen molar-refractivity contribution in [2.24, 2.45) is 0 Å². The van der Waals surface area contributed by atoms with Crippen molar-refractivity contribution < 1.29 is 28.1 Å². The Labute approximate surface area is 258 Å². The zero-order valence-corrected chi connectivity index (χ0v) is 26.9. The number of rotatable bonds is 12. The van der Waals surface area contributed by atoms with Crippen molar-refractivity contribution in [3.8, 4) is 23.0 Å². The molecule has 0 saturated carbocycles. The summed E-state index contributed by atoms with van der Waals surface area (Å²) in [6.07, 6.45) is 0. The highest BCUT2D eigenvalue weighted by molar-refractivity contribution is 7.90. The topological polar surface area (TPSA) is 74.3 Å². The first-order chi connectivity index (χ1) is 21.4. The molecule has 0 unspecified atom stereocenters. The van der Waals surface area contributed by atoms with Gasteiger partial charge in [-0.15, -0.1) is 0 Å². The quantitative estimate of drug-likeness (QED) is 0.149. The molecule has 0 aromatic heterocycles. The minimum absolute atomic E-state index is 0.0432. The van der Waals surface area contributed by atoms with Crippen LogP contribution < -0.4 is 40.2 Å². The molecule has 0 heterocycles. The van der Waals surface area contributed by atoms with Crippen molar-refractivity contribution >= 4 is 35.8 Å². The van der Waals surface area contributed by atoms with Gasteiger partial charge in [0, 0.05) is 17.2 Å². The zero-order chi connectivity index (χ0) is 31.2. The first-order valence-electron chi connectivity index (χ1n) is 14.0. The first kappa shape index (κ1) is 31.2. The summed E-state index contributed by atoms with van der Waals surface area (Å²) in [6, 6.07) is 38.3. The molecule has 9 heteroatoms. The van der Waals surface area contributed by atoms with E-state index < -0.39 is 14.6 Å². The molecule has 44 heavy (non-hydrogen) atoms. The van der Waals surface area contributed by atoms with Gasteiger partial charge in [0.2, 0.25) is 14.6 Å². The van der Waals surface area contributed by atoms with Crippen LogP contribution in [0.5, 0.6) is 23.0 Å². The van der Waals surface area contributed by atoms with E-state index in [9.17, 15) is 0 Å². The second kappa shape index (κ2) is 13.6. The SMILES string of the molecule is COc1cccc(OC)c1P(=O)(c1c(OC)cccc1OC)N(Cc1ccccc1)P(=O)(c1ccccc1)c1ccccc1. The first-order valence-corrected chi connectivity index (χ1v) is 17.3. The molecule has 0 fully saturated rings. The van der Waals surface area contributed by atoms with Crippen molar-refractivity contribution in [2.75, 3.05) is 28.4 Å². The molecule has 0 spiro atoms. The smallest absolute Gasteiger partial charge is 0.228 e. The summed E-state index contributed by atoms with van der Waals surface area (Å²) in [7, 11) is -2.18. The van der Waals surface area contributed by atoms with E-state index in [1.807, 2.05) is 91.0 Å². The predicted octanol–water partition coefficient (Wildman–Crippen LogP) is 6.38. The third-order valence-electron chi connectivity index (χ3n) is 7.44. The molecule has 7 nitrogen and oxygen atoms in total.